The van der Waals surface area contributed by atoms with Crippen LogP contribution in [0.4, 0.5) is 0 Å². The Hall–Kier alpha value is -1.06. The highest BCUT2D eigenvalue weighted by molar-refractivity contribution is 5.79. The molecule has 2 amide bonds. The van der Waals surface area contributed by atoms with Gasteiger partial charge >= 0.3 is 0 Å². The lowest BCUT2D eigenvalue weighted by molar-refractivity contribution is -0.136. The lowest BCUT2D eigenvalue weighted by atomic mass is 9.76. The Labute approximate surface area is 128 Å². The van der Waals surface area contributed by atoms with Gasteiger partial charge in [0.05, 0.1) is 0 Å². The molecule has 1 heterocycles. The third-order valence-electron chi connectivity index (χ3n) is 5.30. The van der Waals surface area contributed by atoms with Crippen LogP contribution in [0, 0.1) is 23.7 Å². The minimum atomic E-state index is 0.0202. The molecule has 1 atom stereocenters. The first kappa shape index (κ1) is 16.3. The van der Waals surface area contributed by atoms with E-state index in [-0.39, 0.29) is 11.8 Å². The summed E-state index contributed by atoms with van der Waals surface area (Å²) >= 11 is 0. The highest BCUT2D eigenvalue weighted by Gasteiger charge is 2.33. The van der Waals surface area contributed by atoms with Crippen LogP contribution in [-0.4, -0.2) is 36.3 Å². The van der Waals surface area contributed by atoms with Crippen LogP contribution >= 0.6 is 0 Å². The van der Waals surface area contributed by atoms with Gasteiger partial charge in [0.2, 0.25) is 11.8 Å². The van der Waals surface area contributed by atoms with E-state index in [2.05, 4.69) is 19.2 Å². The van der Waals surface area contributed by atoms with E-state index in [1.54, 1.807) is 6.92 Å². The molecule has 1 N–H and O–H groups in total. The van der Waals surface area contributed by atoms with Crippen LogP contribution in [0.5, 0.6) is 0 Å². The van der Waals surface area contributed by atoms with Crippen molar-refractivity contribution >= 4 is 11.8 Å². The van der Waals surface area contributed by atoms with Crippen molar-refractivity contribution < 1.29 is 9.59 Å². The van der Waals surface area contributed by atoms with E-state index in [4.69, 9.17) is 0 Å². The van der Waals surface area contributed by atoms with E-state index in [1.807, 2.05) is 4.90 Å². The molecule has 120 valence electrons. The molecule has 0 aromatic heterocycles. The maximum absolute atomic E-state index is 12.6. The molecule has 2 rings (SSSR count). The predicted molar refractivity (Wildman–Crippen MR) is 83.7 cm³/mol. The first-order chi connectivity index (χ1) is 9.97. The van der Waals surface area contributed by atoms with Crippen molar-refractivity contribution in [3.8, 4) is 0 Å². The summed E-state index contributed by atoms with van der Waals surface area (Å²) < 4.78 is 0. The lowest BCUT2D eigenvalue weighted by Gasteiger charge is -2.32. The van der Waals surface area contributed by atoms with E-state index >= 15 is 0 Å². The van der Waals surface area contributed by atoms with Gasteiger partial charge in [0.25, 0.3) is 0 Å². The molecule has 1 saturated heterocycles. The number of nitrogens with zero attached hydrogens (tertiary/aromatic N) is 1. The largest absolute Gasteiger partial charge is 0.356 e. The fourth-order valence-electron chi connectivity index (χ4n) is 3.78. The summed E-state index contributed by atoms with van der Waals surface area (Å²) in [5.41, 5.74) is 0. The molecule has 1 aliphatic carbocycles. The maximum atomic E-state index is 12.6. The third-order valence-corrected chi connectivity index (χ3v) is 5.30. The van der Waals surface area contributed by atoms with Crippen molar-refractivity contribution in [1.82, 2.24) is 10.2 Å². The maximum Gasteiger partial charge on any atom is 0.225 e. The van der Waals surface area contributed by atoms with E-state index in [1.165, 1.54) is 12.8 Å². The van der Waals surface area contributed by atoms with Gasteiger partial charge in [0.1, 0.15) is 0 Å². The summed E-state index contributed by atoms with van der Waals surface area (Å²) in [5, 5.41) is 2.87. The normalized spacial score (nSPS) is 29.7. The average molecular weight is 294 g/mol. The van der Waals surface area contributed by atoms with Crippen molar-refractivity contribution in [2.24, 2.45) is 23.7 Å². The van der Waals surface area contributed by atoms with Crippen LogP contribution in [0.3, 0.4) is 0 Å². The molecule has 0 radical (unpaired) electrons. The summed E-state index contributed by atoms with van der Waals surface area (Å²) in [6.07, 6.45) is 5.56. The predicted octanol–water partition coefficient (Wildman–Crippen LogP) is 2.43. The van der Waals surface area contributed by atoms with Gasteiger partial charge in [0.15, 0.2) is 0 Å². The highest BCUT2D eigenvalue weighted by Crippen LogP contribution is 2.34. The molecule has 0 aromatic rings. The van der Waals surface area contributed by atoms with E-state index < -0.39 is 0 Å². The number of nitrogens with one attached hydrogen (secondary N) is 1. The van der Waals surface area contributed by atoms with Crippen molar-refractivity contribution in [3.05, 3.63) is 0 Å². The number of carbonyl (C=O) groups is 2. The minimum Gasteiger partial charge on any atom is -0.356 e. The van der Waals surface area contributed by atoms with Gasteiger partial charge in [-0.1, -0.05) is 13.8 Å². The number of carbonyl (C=O) groups excluding carboxylic acids is 2. The second kappa shape index (κ2) is 7.28. The Morgan fingerprint density at radius 1 is 1.14 bits per heavy atom. The Morgan fingerprint density at radius 3 is 2.38 bits per heavy atom. The second-order valence-corrected chi connectivity index (χ2v) is 7.23. The van der Waals surface area contributed by atoms with Crippen LogP contribution in [-0.2, 0) is 9.59 Å². The molecule has 0 spiro atoms. The van der Waals surface area contributed by atoms with Crippen LogP contribution in [0.15, 0.2) is 0 Å². The van der Waals surface area contributed by atoms with Crippen molar-refractivity contribution in [2.45, 2.75) is 52.9 Å². The summed E-state index contributed by atoms with van der Waals surface area (Å²) in [4.78, 5) is 25.6. The van der Waals surface area contributed by atoms with Crippen LogP contribution < -0.4 is 5.32 Å². The van der Waals surface area contributed by atoms with Gasteiger partial charge in [-0.3, -0.25) is 9.59 Å². The topological polar surface area (TPSA) is 49.4 Å². The third kappa shape index (κ3) is 4.45. The van der Waals surface area contributed by atoms with Gasteiger partial charge in [-0.25, -0.2) is 0 Å². The first-order valence-corrected chi connectivity index (χ1v) is 8.50. The van der Waals surface area contributed by atoms with E-state index in [0.29, 0.717) is 18.4 Å². The van der Waals surface area contributed by atoms with Gasteiger partial charge in [0, 0.05) is 32.5 Å². The summed E-state index contributed by atoms with van der Waals surface area (Å²) in [7, 11) is 0. The first-order valence-electron chi connectivity index (χ1n) is 8.50. The summed E-state index contributed by atoms with van der Waals surface area (Å²) in [6.45, 7) is 8.53. The molecular formula is C17H30N2O2. The lowest BCUT2D eigenvalue weighted by Crippen LogP contribution is -2.37. The molecule has 0 aromatic carbocycles. The zero-order valence-electron chi connectivity index (χ0n) is 13.7. The molecule has 2 aliphatic rings. The number of hydrogen-bond acceptors (Lipinski definition) is 2. The van der Waals surface area contributed by atoms with Crippen LogP contribution in [0.2, 0.25) is 0 Å². The molecular weight excluding hydrogens is 264 g/mol. The number of rotatable bonds is 4. The molecule has 1 saturated carbocycles. The monoisotopic (exact) mass is 294 g/mol. The van der Waals surface area contributed by atoms with Gasteiger partial charge in [-0.15, -0.1) is 0 Å². The molecule has 1 aliphatic heterocycles. The van der Waals surface area contributed by atoms with Crippen molar-refractivity contribution in [2.75, 3.05) is 19.6 Å². The highest BCUT2D eigenvalue weighted by atomic mass is 16.2. The zero-order chi connectivity index (χ0) is 15.4. The molecule has 1 unspecified atom stereocenters. The quantitative estimate of drug-likeness (QED) is 0.865. The number of hydrogen-bond donors (Lipinski definition) is 1. The Morgan fingerprint density at radius 2 is 1.81 bits per heavy atom. The Kier molecular flexibility index (Phi) is 5.65. The van der Waals surface area contributed by atoms with E-state index in [9.17, 15) is 9.59 Å². The summed E-state index contributed by atoms with van der Waals surface area (Å²) in [5.74, 6) is 2.62. The average Bonchev–Trinajstić information content (AvgIpc) is 2.93. The SMILES string of the molecule is CC(=O)NCC1CCN(C(=O)C2CCC(C(C)C)CC2)C1. The number of likely N-dealkylation sites (tertiary alicyclic amines) is 1. The van der Waals surface area contributed by atoms with Crippen LogP contribution in [0.1, 0.15) is 52.9 Å². The van der Waals surface area contributed by atoms with Gasteiger partial charge in [-0.05, 0) is 49.9 Å². The van der Waals surface area contributed by atoms with Gasteiger partial charge < -0.3 is 10.2 Å². The van der Waals surface area contributed by atoms with Crippen molar-refractivity contribution in [1.29, 1.82) is 0 Å². The Balaban J connectivity index is 1.76. The number of amides is 2. The molecule has 0 bridgehead atoms. The molecule has 21 heavy (non-hydrogen) atoms. The molecule has 2 fully saturated rings. The summed E-state index contributed by atoms with van der Waals surface area (Å²) in [6, 6.07) is 0. The minimum absolute atomic E-state index is 0.0202. The molecule has 4 heteroatoms. The smallest absolute Gasteiger partial charge is 0.225 e. The standard InChI is InChI=1S/C17H30N2O2/c1-12(2)15-4-6-16(7-5-15)17(21)19-9-8-14(11-19)10-18-13(3)20/h12,14-16H,4-11H2,1-3H3,(H,18,20). The second-order valence-electron chi connectivity index (χ2n) is 7.23. The van der Waals surface area contributed by atoms with E-state index in [0.717, 1.165) is 44.2 Å². The molecule has 4 nitrogen and oxygen atoms in total. The van der Waals surface area contributed by atoms with Crippen molar-refractivity contribution in [3.63, 3.8) is 0 Å². The van der Waals surface area contributed by atoms with Gasteiger partial charge in [-0.2, -0.15) is 0 Å². The zero-order valence-corrected chi connectivity index (χ0v) is 13.7. The van der Waals surface area contributed by atoms with Crippen LogP contribution in [0.25, 0.3) is 0 Å². The Bertz CT molecular complexity index is 373. The fraction of sp³-hybridized carbons (Fsp3) is 0.882. The fourth-order valence-corrected chi connectivity index (χ4v) is 3.78.